The average Bonchev–Trinajstić information content (AvgIpc) is 2.46. The molecule has 2 aliphatic rings. The van der Waals surface area contributed by atoms with Gasteiger partial charge < -0.3 is 10.6 Å². The zero-order valence-corrected chi connectivity index (χ0v) is 11.6. The van der Waals surface area contributed by atoms with E-state index in [4.69, 9.17) is 5.73 Å². The smallest absolute Gasteiger partial charge is 0.121 e. The third-order valence-electron chi connectivity index (χ3n) is 4.47. The molecule has 0 aromatic heterocycles. The van der Waals surface area contributed by atoms with Crippen LogP contribution in [0.5, 0.6) is 0 Å². The summed E-state index contributed by atoms with van der Waals surface area (Å²) >= 11 is 0. The van der Waals surface area contributed by atoms with Crippen molar-refractivity contribution < 1.29 is 8.78 Å². The van der Waals surface area contributed by atoms with Crippen molar-refractivity contribution in [3.8, 4) is 6.07 Å². The normalized spacial score (nSPS) is 26.6. The second kappa shape index (κ2) is 6.47. The van der Waals surface area contributed by atoms with Gasteiger partial charge in [0.15, 0.2) is 0 Å². The quantitative estimate of drug-likeness (QED) is 0.862. The van der Waals surface area contributed by atoms with Gasteiger partial charge in [0.1, 0.15) is 11.7 Å². The number of piperidine rings is 1. The summed E-state index contributed by atoms with van der Waals surface area (Å²) in [5, 5.41) is 9.54. The summed E-state index contributed by atoms with van der Waals surface area (Å²) in [6.07, 6.45) is 4.79. The first-order valence-electron chi connectivity index (χ1n) is 7.18. The van der Waals surface area contributed by atoms with E-state index in [-0.39, 0.29) is 6.42 Å². The van der Waals surface area contributed by atoms with Crippen LogP contribution in [0.1, 0.15) is 25.7 Å². The van der Waals surface area contributed by atoms with Crippen LogP contribution in [0.3, 0.4) is 0 Å². The number of nitriles is 1. The number of nitrogens with zero attached hydrogens (tertiary/aromatic N) is 2. The molecule has 1 saturated heterocycles. The molecule has 0 spiro atoms. The van der Waals surface area contributed by atoms with Gasteiger partial charge in [0.05, 0.1) is 11.5 Å². The van der Waals surface area contributed by atoms with Gasteiger partial charge in [-0.1, -0.05) is 0 Å². The van der Waals surface area contributed by atoms with Crippen molar-refractivity contribution in [3.05, 3.63) is 23.8 Å². The lowest BCUT2D eigenvalue weighted by Gasteiger charge is -2.41. The van der Waals surface area contributed by atoms with Crippen LogP contribution in [0, 0.1) is 22.7 Å². The summed E-state index contributed by atoms with van der Waals surface area (Å²) in [5.41, 5.74) is 4.80. The third kappa shape index (κ3) is 3.08. The van der Waals surface area contributed by atoms with Crippen LogP contribution in [0.15, 0.2) is 23.8 Å². The van der Waals surface area contributed by atoms with E-state index in [1.807, 2.05) is 0 Å². The summed E-state index contributed by atoms with van der Waals surface area (Å²) in [6, 6.07) is 2.33. The van der Waals surface area contributed by atoms with Crippen LogP contribution in [0.2, 0.25) is 0 Å². The van der Waals surface area contributed by atoms with Gasteiger partial charge in [0.2, 0.25) is 0 Å². The number of hydrogen-bond donors (Lipinski definition) is 1. The van der Waals surface area contributed by atoms with E-state index in [9.17, 15) is 14.0 Å². The van der Waals surface area contributed by atoms with Gasteiger partial charge >= 0.3 is 0 Å². The lowest BCUT2D eigenvalue weighted by atomic mass is 9.67. The molecule has 110 valence electrons. The topological polar surface area (TPSA) is 53.0 Å². The fourth-order valence-electron chi connectivity index (χ4n) is 3.15. The average molecular weight is 281 g/mol. The van der Waals surface area contributed by atoms with Gasteiger partial charge in [0, 0.05) is 12.0 Å². The molecule has 0 amide bonds. The zero-order valence-electron chi connectivity index (χ0n) is 11.6. The Bertz CT molecular complexity index is 443. The predicted molar refractivity (Wildman–Crippen MR) is 73.9 cm³/mol. The van der Waals surface area contributed by atoms with Crippen LogP contribution >= 0.6 is 0 Å². The lowest BCUT2D eigenvalue weighted by molar-refractivity contribution is 0.0985. The largest absolute Gasteiger partial charge is 0.330 e. The number of nitrogens with two attached hydrogens (primary N) is 1. The minimum Gasteiger partial charge on any atom is -0.330 e. The molecule has 0 bridgehead atoms. The Labute approximate surface area is 118 Å². The Kier molecular flexibility index (Phi) is 4.90. The Morgan fingerprint density at radius 1 is 1.40 bits per heavy atom. The SMILES string of the molecule is N#CC1(C2CC=C(F)C=C2F)CCN(CCCN)CC1. The second-order valence-electron chi connectivity index (χ2n) is 5.66. The predicted octanol–water partition coefficient (Wildman–Crippen LogP) is 2.67. The molecular formula is C15H21F2N3. The van der Waals surface area contributed by atoms with Gasteiger partial charge in [-0.2, -0.15) is 5.26 Å². The molecule has 20 heavy (non-hydrogen) atoms. The Morgan fingerprint density at radius 2 is 2.10 bits per heavy atom. The highest BCUT2D eigenvalue weighted by Crippen LogP contribution is 2.46. The highest BCUT2D eigenvalue weighted by molar-refractivity contribution is 5.26. The summed E-state index contributed by atoms with van der Waals surface area (Å²) in [7, 11) is 0. The first-order valence-corrected chi connectivity index (χ1v) is 7.18. The van der Waals surface area contributed by atoms with Crippen LogP contribution in [0.25, 0.3) is 0 Å². The van der Waals surface area contributed by atoms with Crippen molar-refractivity contribution in [2.45, 2.75) is 25.7 Å². The third-order valence-corrected chi connectivity index (χ3v) is 4.47. The van der Waals surface area contributed by atoms with E-state index in [0.717, 1.165) is 32.1 Å². The minimum atomic E-state index is -0.697. The van der Waals surface area contributed by atoms with E-state index in [1.165, 1.54) is 6.08 Å². The molecule has 1 atom stereocenters. The van der Waals surface area contributed by atoms with Gasteiger partial charge in [-0.3, -0.25) is 0 Å². The maximum Gasteiger partial charge on any atom is 0.121 e. The van der Waals surface area contributed by atoms with Crippen molar-refractivity contribution in [1.29, 1.82) is 5.26 Å². The maximum atomic E-state index is 14.0. The molecule has 1 aliphatic heterocycles. The maximum absolute atomic E-state index is 14.0. The number of halogens is 2. The zero-order chi connectivity index (χ0) is 14.6. The molecule has 2 rings (SSSR count). The summed E-state index contributed by atoms with van der Waals surface area (Å²) < 4.78 is 27.1. The van der Waals surface area contributed by atoms with Gasteiger partial charge in [-0.05, 0) is 57.9 Å². The van der Waals surface area contributed by atoms with Crippen LogP contribution in [-0.4, -0.2) is 31.1 Å². The van der Waals surface area contributed by atoms with Gasteiger partial charge in [-0.15, -0.1) is 0 Å². The number of likely N-dealkylation sites (tertiary alicyclic amines) is 1. The molecule has 3 nitrogen and oxygen atoms in total. The van der Waals surface area contributed by atoms with Crippen LogP contribution < -0.4 is 5.73 Å². The molecule has 0 saturated carbocycles. The van der Waals surface area contributed by atoms with E-state index in [0.29, 0.717) is 19.4 Å². The molecule has 1 unspecified atom stereocenters. The standard InChI is InChI=1S/C15H21F2N3/c16-12-2-3-13(14(17)10-12)15(11-19)4-8-20(9-5-15)7-1-6-18/h2,10,13H,1,3-9,18H2. The fourth-order valence-corrected chi connectivity index (χ4v) is 3.15. The Hall–Kier alpha value is -1.25. The number of rotatable bonds is 4. The summed E-state index contributed by atoms with van der Waals surface area (Å²) in [6.45, 7) is 3.15. The first kappa shape index (κ1) is 15.1. The molecule has 0 aromatic carbocycles. The highest BCUT2D eigenvalue weighted by atomic mass is 19.1. The number of hydrogen-bond acceptors (Lipinski definition) is 3. The molecule has 1 aliphatic carbocycles. The van der Waals surface area contributed by atoms with Crippen molar-refractivity contribution >= 4 is 0 Å². The van der Waals surface area contributed by atoms with E-state index >= 15 is 0 Å². The van der Waals surface area contributed by atoms with Gasteiger partial charge in [0.25, 0.3) is 0 Å². The van der Waals surface area contributed by atoms with Crippen LogP contribution in [-0.2, 0) is 0 Å². The Morgan fingerprint density at radius 3 is 2.65 bits per heavy atom. The van der Waals surface area contributed by atoms with E-state index < -0.39 is 23.0 Å². The van der Waals surface area contributed by atoms with E-state index in [2.05, 4.69) is 11.0 Å². The molecule has 5 heteroatoms. The summed E-state index contributed by atoms with van der Waals surface area (Å²) in [4.78, 5) is 2.27. The number of allylic oxidation sites excluding steroid dienone is 4. The fraction of sp³-hybridized carbons (Fsp3) is 0.667. The van der Waals surface area contributed by atoms with Crippen molar-refractivity contribution in [2.75, 3.05) is 26.2 Å². The minimum absolute atomic E-state index is 0.282. The molecule has 2 N–H and O–H groups in total. The second-order valence-corrected chi connectivity index (χ2v) is 5.66. The molecule has 0 aromatic rings. The van der Waals surface area contributed by atoms with E-state index in [1.54, 1.807) is 0 Å². The molecule has 1 heterocycles. The molecule has 0 radical (unpaired) electrons. The first-order chi connectivity index (χ1) is 9.61. The van der Waals surface area contributed by atoms with Gasteiger partial charge in [-0.25, -0.2) is 8.78 Å². The van der Waals surface area contributed by atoms with Crippen LogP contribution in [0.4, 0.5) is 8.78 Å². The molecule has 1 fully saturated rings. The highest BCUT2D eigenvalue weighted by Gasteiger charge is 2.44. The van der Waals surface area contributed by atoms with Crippen molar-refractivity contribution in [3.63, 3.8) is 0 Å². The Balaban J connectivity index is 2.03. The van der Waals surface area contributed by atoms with Crippen molar-refractivity contribution in [1.82, 2.24) is 4.90 Å². The lowest BCUT2D eigenvalue weighted by Crippen LogP contribution is -2.44. The van der Waals surface area contributed by atoms with Crippen molar-refractivity contribution in [2.24, 2.45) is 17.1 Å². The molecular weight excluding hydrogens is 260 g/mol. The monoisotopic (exact) mass is 281 g/mol. The summed E-state index contributed by atoms with van der Waals surface area (Å²) in [5.74, 6) is -1.52.